The van der Waals surface area contributed by atoms with Gasteiger partial charge in [0, 0.05) is 10.0 Å². The van der Waals surface area contributed by atoms with Gasteiger partial charge < -0.3 is 5.11 Å². The van der Waals surface area contributed by atoms with Crippen LogP contribution in [0, 0.1) is 13.8 Å². The second kappa shape index (κ2) is 4.90. The van der Waals surface area contributed by atoms with E-state index >= 15 is 0 Å². The Morgan fingerprint density at radius 2 is 2.00 bits per heavy atom. The van der Waals surface area contributed by atoms with Gasteiger partial charge in [0.25, 0.3) is 0 Å². The largest absolute Gasteiger partial charge is 0.478 e. The van der Waals surface area contributed by atoms with Crippen molar-refractivity contribution in [2.45, 2.75) is 13.8 Å². The van der Waals surface area contributed by atoms with Crippen molar-refractivity contribution in [3.63, 3.8) is 0 Å². The molecule has 4 heteroatoms. The first kappa shape index (κ1) is 12.8. The van der Waals surface area contributed by atoms with Crippen molar-refractivity contribution in [1.82, 2.24) is 4.98 Å². The van der Waals surface area contributed by atoms with Crippen molar-refractivity contribution in [3.05, 3.63) is 51.6 Å². The van der Waals surface area contributed by atoms with Gasteiger partial charge in [-0.2, -0.15) is 0 Å². The lowest BCUT2D eigenvalue weighted by atomic mass is 10.0. The zero-order chi connectivity index (χ0) is 13.3. The molecule has 2 aromatic rings. The van der Waals surface area contributed by atoms with E-state index in [0.717, 1.165) is 21.3 Å². The van der Waals surface area contributed by atoms with Gasteiger partial charge in [0.1, 0.15) is 0 Å². The minimum atomic E-state index is -0.941. The molecule has 1 aromatic heterocycles. The third-order valence-corrected chi connectivity index (χ3v) is 3.23. The number of carbonyl (C=O) groups is 1. The highest BCUT2D eigenvalue weighted by atomic mass is 79.9. The Morgan fingerprint density at radius 3 is 2.61 bits per heavy atom. The smallest absolute Gasteiger partial charge is 0.337 e. The van der Waals surface area contributed by atoms with Crippen LogP contribution in [-0.2, 0) is 0 Å². The SMILES string of the molecule is Cc1cc(C(=O)O)c(C)nc1-c1cccc(Br)c1. The molecule has 18 heavy (non-hydrogen) atoms. The van der Waals surface area contributed by atoms with E-state index in [4.69, 9.17) is 5.11 Å². The van der Waals surface area contributed by atoms with Crippen molar-refractivity contribution < 1.29 is 9.90 Å². The monoisotopic (exact) mass is 305 g/mol. The Hall–Kier alpha value is -1.68. The van der Waals surface area contributed by atoms with E-state index in [1.165, 1.54) is 0 Å². The summed E-state index contributed by atoms with van der Waals surface area (Å²) in [5.74, 6) is -0.941. The summed E-state index contributed by atoms with van der Waals surface area (Å²) >= 11 is 3.42. The third-order valence-electron chi connectivity index (χ3n) is 2.73. The first-order valence-electron chi connectivity index (χ1n) is 5.46. The average molecular weight is 306 g/mol. The fraction of sp³-hybridized carbons (Fsp3) is 0.143. The van der Waals surface area contributed by atoms with Crippen molar-refractivity contribution in [2.24, 2.45) is 0 Å². The van der Waals surface area contributed by atoms with Crippen LogP contribution in [0.1, 0.15) is 21.6 Å². The average Bonchev–Trinajstić information content (AvgIpc) is 2.31. The molecule has 0 aliphatic carbocycles. The molecule has 0 unspecified atom stereocenters. The molecule has 0 amide bonds. The van der Waals surface area contributed by atoms with E-state index in [1.807, 2.05) is 31.2 Å². The minimum Gasteiger partial charge on any atom is -0.478 e. The van der Waals surface area contributed by atoms with Crippen LogP contribution in [0.25, 0.3) is 11.3 Å². The molecule has 0 radical (unpaired) electrons. The van der Waals surface area contributed by atoms with Crippen LogP contribution in [0.5, 0.6) is 0 Å². The summed E-state index contributed by atoms with van der Waals surface area (Å²) in [6.07, 6.45) is 0. The number of hydrogen-bond acceptors (Lipinski definition) is 2. The number of benzene rings is 1. The van der Waals surface area contributed by atoms with E-state index in [1.54, 1.807) is 13.0 Å². The van der Waals surface area contributed by atoms with Gasteiger partial charge in [0.15, 0.2) is 0 Å². The van der Waals surface area contributed by atoms with Gasteiger partial charge in [-0.3, -0.25) is 4.98 Å². The standard InChI is InChI=1S/C14H12BrNO2/c1-8-6-12(14(17)18)9(2)16-13(8)10-4-3-5-11(15)7-10/h3-7H,1-2H3,(H,17,18). The highest BCUT2D eigenvalue weighted by molar-refractivity contribution is 9.10. The van der Waals surface area contributed by atoms with Crippen molar-refractivity contribution in [3.8, 4) is 11.3 Å². The molecule has 0 atom stereocenters. The molecule has 0 aliphatic rings. The second-order valence-corrected chi connectivity index (χ2v) is 5.02. The van der Waals surface area contributed by atoms with Crippen molar-refractivity contribution in [1.29, 1.82) is 0 Å². The van der Waals surface area contributed by atoms with Crippen molar-refractivity contribution in [2.75, 3.05) is 0 Å². The van der Waals surface area contributed by atoms with E-state index in [2.05, 4.69) is 20.9 Å². The lowest BCUT2D eigenvalue weighted by Gasteiger charge is -2.09. The number of hydrogen-bond donors (Lipinski definition) is 1. The lowest BCUT2D eigenvalue weighted by molar-refractivity contribution is 0.0695. The summed E-state index contributed by atoms with van der Waals surface area (Å²) in [5, 5.41) is 9.05. The fourth-order valence-corrected chi connectivity index (χ4v) is 2.25. The predicted molar refractivity (Wildman–Crippen MR) is 73.8 cm³/mol. The number of rotatable bonds is 2. The Bertz CT molecular complexity index is 623. The molecule has 0 saturated heterocycles. The number of pyridine rings is 1. The highest BCUT2D eigenvalue weighted by Crippen LogP contribution is 2.25. The summed E-state index contributed by atoms with van der Waals surface area (Å²) in [6, 6.07) is 9.47. The molecule has 2 rings (SSSR count). The Balaban J connectivity index is 2.60. The van der Waals surface area contributed by atoms with Gasteiger partial charge in [-0.05, 0) is 37.6 Å². The van der Waals surface area contributed by atoms with Crippen LogP contribution in [0.15, 0.2) is 34.8 Å². The van der Waals surface area contributed by atoms with Crippen molar-refractivity contribution >= 4 is 21.9 Å². The third kappa shape index (κ3) is 2.43. The molecule has 0 saturated carbocycles. The number of nitrogens with zero attached hydrogens (tertiary/aromatic N) is 1. The zero-order valence-corrected chi connectivity index (χ0v) is 11.7. The Kier molecular flexibility index (Phi) is 3.48. The summed E-state index contributed by atoms with van der Waals surface area (Å²) < 4.78 is 0.973. The number of aromatic nitrogens is 1. The molecule has 0 bridgehead atoms. The van der Waals surface area contributed by atoms with E-state index in [-0.39, 0.29) is 5.56 Å². The van der Waals surface area contributed by atoms with Gasteiger partial charge in [-0.15, -0.1) is 0 Å². The van der Waals surface area contributed by atoms with Gasteiger partial charge in [-0.1, -0.05) is 28.1 Å². The lowest BCUT2D eigenvalue weighted by Crippen LogP contribution is -2.04. The maximum Gasteiger partial charge on any atom is 0.337 e. The Labute approximate surface area is 114 Å². The Morgan fingerprint density at radius 1 is 1.28 bits per heavy atom. The molecule has 0 fully saturated rings. The molecule has 1 aromatic carbocycles. The normalized spacial score (nSPS) is 10.4. The van der Waals surface area contributed by atoms with Crippen LogP contribution in [0.3, 0.4) is 0 Å². The summed E-state index contributed by atoms with van der Waals surface area (Å²) in [5.41, 5.74) is 3.44. The topological polar surface area (TPSA) is 50.2 Å². The van der Waals surface area contributed by atoms with E-state index in [9.17, 15) is 4.79 Å². The quantitative estimate of drug-likeness (QED) is 0.917. The maximum absolute atomic E-state index is 11.0. The van der Waals surface area contributed by atoms with Crippen LogP contribution < -0.4 is 0 Å². The molecule has 3 nitrogen and oxygen atoms in total. The number of carboxylic acid groups (broad SMARTS) is 1. The summed E-state index contributed by atoms with van der Waals surface area (Å²) in [6.45, 7) is 3.58. The molecular weight excluding hydrogens is 294 g/mol. The first-order chi connectivity index (χ1) is 8.49. The number of halogens is 1. The zero-order valence-electron chi connectivity index (χ0n) is 10.1. The van der Waals surface area contributed by atoms with Gasteiger partial charge >= 0.3 is 5.97 Å². The first-order valence-corrected chi connectivity index (χ1v) is 6.26. The molecule has 0 aliphatic heterocycles. The minimum absolute atomic E-state index is 0.256. The summed E-state index contributed by atoms with van der Waals surface area (Å²) in [7, 11) is 0. The van der Waals surface area contributed by atoms with Gasteiger partial charge in [0.05, 0.1) is 17.0 Å². The molecule has 92 valence electrons. The van der Waals surface area contributed by atoms with Crippen LogP contribution in [-0.4, -0.2) is 16.1 Å². The molecule has 1 N–H and O–H groups in total. The maximum atomic E-state index is 11.0. The number of aromatic carboxylic acids is 1. The molecular formula is C14H12BrNO2. The highest BCUT2D eigenvalue weighted by Gasteiger charge is 2.12. The summed E-state index contributed by atoms with van der Waals surface area (Å²) in [4.78, 5) is 15.4. The van der Waals surface area contributed by atoms with E-state index < -0.39 is 5.97 Å². The van der Waals surface area contributed by atoms with Gasteiger partial charge in [0.2, 0.25) is 0 Å². The molecule has 0 spiro atoms. The fourth-order valence-electron chi connectivity index (χ4n) is 1.85. The number of carboxylic acids is 1. The van der Waals surface area contributed by atoms with Crippen LogP contribution >= 0.6 is 15.9 Å². The second-order valence-electron chi connectivity index (χ2n) is 4.10. The van der Waals surface area contributed by atoms with Crippen LogP contribution in [0.2, 0.25) is 0 Å². The predicted octanol–water partition coefficient (Wildman–Crippen LogP) is 3.83. The number of aryl methyl sites for hydroxylation is 2. The van der Waals surface area contributed by atoms with Gasteiger partial charge in [-0.25, -0.2) is 4.79 Å². The van der Waals surface area contributed by atoms with Crippen LogP contribution in [0.4, 0.5) is 0 Å². The van der Waals surface area contributed by atoms with E-state index in [0.29, 0.717) is 5.69 Å². The molecule has 1 heterocycles.